The van der Waals surface area contributed by atoms with Crippen molar-refractivity contribution in [2.75, 3.05) is 18.0 Å². The minimum Gasteiger partial charge on any atom is -0.389 e. The zero-order valence-electron chi connectivity index (χ0n) is 10.6. The largest absolute Gasteiger partial charge is 0.389 e. The van der Waals surface area contributed by atoms with Crippen molar-refractivity contribution >= 4 is 29.0 Å². The zero-order chi connectivity index (χ0) is 13.5. The van der Waals surface area contributed by atoms with Crippen LogP contribution < -0.4 is 4.90 Å². The van der Waals surface area contributed by atoms with Crippen LogP contribution >= 0.6 is 23.2 Å². The standard InChI is InChI=1S/C13H17Cl2N3O/c14-10-7-16-12(15)17-11(10)18-6-5-13(19)4-2-1-3-9(13)8-18/h7,9,19H,1-6,8H2. The lowest BCUT2D eigenvalue weighted by Crippen LogP contribution is -2.53. The number of anilines is 1. The molecule has 0 bridgehead atoms. The fraction of sp³-hybridized carbons (Fsp3) is 0.692. The van der Waals surface area contributed by atoms with Gasteiger partial charge in [-0.2, -0.15) is 4.98 Å². The summed E-state index contributed by atoms with van der Waals surface area (Å²) in [5.74, 6) is 0.995. The maximum Gasteiger partial charge on any atom is 0.224 e. The SMILES string of the molecule is OC12CCCCC1CN(c1nc(Cl)ncc1Cl)CC2. The number of aromatic nitrogens is 2. The fourth-order valence-electron chi connectivity index (χ4n) is 3.32. The van der Waals surface area contributed by atoms with E-state index in [0.29, 0.717) is 16.8 Å². The van der Waals surface area contributed by atoms with Gasteiger partial charge in [-0.05, 0) is 30.9 Å². The smallest absolute Gasteiger partial charge is 0.224 e. The van der Waals surface area contributed by atoms with Crippen molar-refractivity contribution in [3.63, 3.8) is 0 Å². The molecule has 2 atom stereocenters. The third-order valence-electron chi connectivity index (χ3n) is 4.42. The van der Waals surface area contributed by atoms with Gasteiger partial charge < -0.3 is 10.0 Å². The number of fused-ring (bicyclic) bond motifs is 1. The van der Waals surface area contributed by atoms with Gasteiger partial charge in [0.05, 0.1) is 11.8 Å². The molecule has 3 rings (SSSR count). The Hall–Kier alpha value is -0.580. The summed E-state index contributed by atoms with van der Waals surface area (Å²) in [4.78, 5) is 10.2. The molecule has 0 amide bonds. The summed E-state index contributed by atoms with van der Waals surface area (Å²) in [5.41, 5.74) is -0.488. The topological polar surface area (TPSA) is 49.2 Å². The molecule has 0 radical (unpaired) electrons. The molecule has 1 aliphatic carbocycles. The lowest BCUT2D eigenvalue weighted by Gasteiger charge is -2.47. The first-order valence-electron chi connectivity index (χ1n) is 6.74. The molecule has 2 aliphatic rings. The predicted molar refractivity (Wildman–Crippen MR) is 75.8 cm³/mol. The van der Waals surface area contributed by atoms with E-state index in [-0.39, 0.29) is 5.28 Å². The first-order chi connectivity index (χ1) is 9.08. The minimum atomic E-state index is -0.488. The average Bonchev–Trinajstić information content (AvgIpc) is 2.40. The van der Waals surface area contributed by atoms with Crippen LogP contribution in [0.2, 0.25) is 10.3 Å². The summed E-state index contributed by atoms with van der Waals surface area (Å²) < 4.78 is 0. The molecule has 1 saturated heterocycles. The monoisotopic (exact) mass is 301 g/mol. The van der Waals surface area contributed by atoms with Crippen molar-refractivity contribution < 1.29 is 5.11 Å². The van der Waals surface area contributed by atoms with Gasteiger partial charge in [-0.3, -0.25) is 0 Å². The predicted octanol–water partition coefficient (Wildman–Crippen LogP) is 2.91. The van der Waals surface area contributed by atoms with E-state index in [1.54, 1.807) is 0 Å². The van der Waals surface area contributed by atoms with Crippen LogP contribution in [-0.4, -0.2) is 33.8 Å². The van der Waals surface area contributed by atoms with Crippen molar-refractivity contribution in [1.82, 2.24) is 9.97 Å². The lowest BCUT2D eigenvalue weighted by atomic mass is 9.71. The van der Waals surface area contributed by atoms with Crippen molar-refractivity contribution in [2.24, 2.45) is 5.92 Å². The highest BCUT2D eigenvalue weighted by Gasteiger charge is 2.43. The van der Waals surface area contributed by atoms with Crippen LogP contribution in [0.1, 0.15) is 32.1 Å². The van der Waals surface area contributed by atoms with E-state index in [0.717, 1.165) is 38.8 Å². The molecule has 1 aliphatic heterocycles. The van der Waals surface area contributed by atoms with Gasteiger partial charge in [0.15, 0.2) is 5.82 Å². The number of halogens is 2. The van der Waals surface area contributed by atoms with Gasteiger partial charge in [0.1, 0.15) is 5.02 Å². The molecule has 2 unspecified atom stereocenters. The van der Waals surface area contributed by atoms with Crippen LogP contribution in [0.25, 0.3) is 0 Å². The van der Waals surface area contributed by atoms with Crippen LogP contribution in [0, 0.1) is 5.92 Å². The van der Waals surface area contributed by atoms with Gasteiger partial charge in [0, 0.05) is 19.0 Å². The highest BCUT2D eigenvalue weighted by molar-refractivity contribution is 6.33. The number of hydrogen-bond donors (Lipinski definition) is 1. The first kappa shape index (κ1) is 13.4. The highest BCUT2D eigenvalue weighted by atomic mass is 35.5. The normalized spacial score (nSPS) is 31.1. The molecule has 0 aromatic carbocycles. The Morgan fingerprint density at radius 2 is 2.16 bits per heavy atom. The second kappa shape index (κ2) is 5.08. The summed E-state index contributed by atoms with van der Waals surface area (Å²) in [6.07, 6.45) is 6.63. The molecule has 1 saturated carbocycles. The summed E-state index contributed by atoms with van der Waals surface area (Å²) in [6.45, 7) is 1.56. The Kier molecular flexibility index (Phi) is 3.58. The second-order valence-electron chi connectivity index (χ2n) is 5.55. The highest BCUT2D eigenvalue weighted by Crippen LogP contribution is 2.41. The van der Waals surface area contributed by atoms with Crippen LogP contribution in [-0.2, 0) is 0 Å². The number of hydrogen-bond acceptors (Lipinski definition) is 4. The number of rotatable bonds is 1. The third kappa shape index (κ3) is 2.54. The van der Waals surface area contributed by atoms with E-state index in [1.807, 2.05) is 0 Å². The first-order valence-corrected chi connectivity index (χ1v) is 7.49. The van der Waals surface area contributed by atoms with Gasteiger partial charge >= 0.3 is 0 Å². The molecule has 104 valence electrons. The molecule has 0 spiro atoms. The van der Waals surface area contributed by atoms with E-state index < -0.39 is 5.60 Å². The molecule has 6 heteroatoms. The van der Waals surface area contributed by atoms with Crippen LogP contribution in [0.4, 0.5) is 5.82 Å². The molecule has 1 aromatic heterocycles. The van der Waals surface area contributed by atoms with Crippen molar-refractivity contribution in [2.45, 2.75) is 37.7 Å². The van der Waals surface area contributed by atoms with Crippen LogP contribution in [0.3, 0.4) is 0 Å². The molecule has 1 N–H and O–H groups in total. The second-order valence-corrected chi connectivity index (χ2v) is 6.30. The van der Waals surface area contributed by atoms with Gasteiger partial charge in [-0.25, -0.2) is 4.98 Å². The Balaban J connectivity index is 1.82. The maximum atomic E-state index is 10.7. The molecular weight excluding hydrogens is 285 g/mol. The Morgan fingerprint density at radius 1 is 1.32 bits per heavy atom. The van der Waals surface area contributed by atoms with E-state index >= 15 is 0 Å². The van der Waals surface area contributed by atoms with Crippen LogP contribution in [0.15, 0.2) is 6.20 Å². The number of aliphatic hydroxyl groups is 1. The average molecular weight is 302 g/mol. The van der Waals surface area contributed by atoms with Crippen molar-refractivity contribution in [3.05, 3.63) is 16.5 Å². The number of piperidine rings is 1. The van der Waals surface area contributed by atoms with Crippen LogP contribution in [0.5, 0.6) is 0 Å². The summed E-state index contributed by atoms with van der Waals surface area (Å²) in [5, 5.41) is 11.4. The van der Waals surface area contributed by atoms with Gasteiger partial charge in [-0.1, -0.05) is 24.4 Å². The fourth-order valence-corrected chi connectivity index (χ4v) is 3.66. The Labute approximate surface area is 122 Å². The maximum absolute atomic E-state index is 10.7. The number of nitrogens with zero attached hydrogens (tertiary/aromatic N) is 3. The van der Waals surface area contributed by atoms with E-state index in [4.69, 9.17) is 23.2 Å². The molecule has 19 heavy (non-hydrogen) atoms. The molecule has 1 aromatic rings. The molecule has 2 heterocycles. The Bertz CT molecular complexity index is 485. The molecular formula is C13H17Cl2N3O. The van der Waals surface area contributed by atoms with Crippen molar-refractivity contribution in [1.29, 1.82) is 0 Å². The summed E-state index contributed by atoms with van der Waals surface area (Å²) >= 11 is 12.0. The van der Waals surface area contributed by atoms with Gasteiger partial charge in [0.2, 0.25) is 5.28 Å². The van der Waals surface area contributed by atoms with Gasteiger partial charge in [0.25, 0.3) is 0 Å². The van der Waals surface area contributed by atoms with Crippen molar-refractivity contribution in [3.8, 4) is 0 Å². The molecule has 4 nitrogen and oxygen atoms in total. The summed E-state index contributed by atoms with van der Waals surface area (Å²) in [6, 6.07) is 0. The van der Waals surface area contributed by atoms with E-state index in [9.17, 15) is 5.11 Å². The molecule has 2 fully saturated rings. The Morgan fingerprint density at radius 3 is 3.00 bits per heavy atom. The van der Waals surface area contributed by atoms with Gasteiger partial charge in [-0.15, -0.1) is 0 Å². The zero-order valence-corrected chi connectivity index (χ0v) is 12.2. The van der Waals surface area contributed by atoms with E-state index in [2.05, 4.69) is 14.9 Å². The third-order valence-corrected chi connectivity index (χ3v) is 4.87. The summed E-state index contributed by atoms with van der Waals surface area (Å²) in [7, 11) is 0. The lowest BCUT2D eigenvalue weighted by molar-refractivity contribution is -0.0613. The quantitative estimate of drug-likeness (QED) is 0.810. The minimum absolute atomic E-state index is 0.212. The van der Waals surface area contributed by atoms with E-state index in [1.165, 1.54) is 12.6 Å².